The second-order valence-corrected chi connectivity index (χ2v) is 3.73. The molecule has 1 heterocycles. The van der Waals surface area contributed by atoms with Crippen molar-refractivity contribution >= 4 is 12.5 Å². The Kier molecular flexibility index (Phi) is 1.63. The summed E-state index contributed by atoms with van der Waals surface area (Å²) in [4.78, 5) is 14.5. The smallest absolute Gasteiger partial charge is 0.149 e. The Balaban J connectivity index is 2.73. The van der Waals surface area contributed by atoms with Crippen LogP contribution in [0.2, 0.25) is 0 Å². The van der Waals surface area contributed by atoms with E-state index in [9.17, 15) is 4.79 Å². The SMILES string of the molecule is C[C@H](C=O)C(C)(C)C1(N)C=N1. The van der Waals surface area contributed by atoms with Crippen LogP contribution in [-0.4, -0.2) is 18.2 Å². The van der Waals surface area contributed by atoms with E-state index in [0.717, 1.165) is 6.29 Å². The fraction of sp³-hybridized carbons (Fsp3) is 0.750. The summed E-state index contributed by atoms with van der Waals surface area (Å²) in [5.41, 5.74) is 5.00. The zero-order valence-electron chi connectivity index (χ0n) is 7.16. The van der Waals surface area contributed by atoms with Crippen molar-refractivity contribution in [1.82, 2.24) is 0 Å². The van der Waals surface area contributed by atoms with Crippen LogP contribution in [0.3, 0.4) is 0 Å². The minimum Gasteiger partial charge on any atom is -0.303 e. The maximum atomic E-state index is 10.5. The Morgan fingerprint density at radius 3 is 2.45 bits per heavy atom. The number of carbonyl (C=O) groups excluding carboxylic acids is 1. The quantitative estimate of drug-likeness (QED) is 0.605. The summed E-state index contributed by atoms with van der Waals surface area (Å²) >= 11 is 0. The van der Waals surface area contributed by atoms with Gasteiger partial charge >= 0.3 is 0 Å². The highest BCUT2D eigenvalue weighted by Gasteiger charge is 2.50. The third-order valence-corrected chi connectivity index (χ3v) is 2.78. The first kappa shape index (κ1) is 8.40. The number of aldehydes is 1. The van der Waals surface area contributed by atoms with E-state index in [1.165, 1.54) is 0 Å². The van der Waals surface area contributed by atoms with Crippen molar-refractivity contribution in [1.29, 1.82) is 0 Å². The predicted molar refractivity (Wildman–Crippen MR) is 44.4 cm³/mol. The molecule has 0 saturated heterocycles. The number of aliphatic imine (C=N–C) groups is 1. The Hall–Kier alpha value is -0.700. The monoisotopic (exact) mass is 154 g/mol. The average molecular weight is 154 g/mol. The maximum Gasteiger partial charge on any atom is 0.149 e. The molecule has 0 aromatic carbocycles. The van der Waals surface area contributed by atoms with Gasteiger partial charge in [0.25, 0.3) is 0 Å². The summed E-state index contributed by atoms with van der Waals surface area (Å²) in [6, 6.07) is 0. The molecule has 3 heteroatoms. The summed E-state index contributed by atoms with van der Waals surface area (Å²) in [7, 11) is 0. The van der Waals surface area contributed by atoms with E-state index in [0.29, 0.717) is 0 Å². The van der Waals surface area contributed by atoms with Crippen molar-refractivity contribution < 1.29 is 4.79 Å². The average Bonchev–Trinajstić information content (AvgIpc) is 2.67. The Labute approximate surface area is 66.7 Å². The Bertz CT molecular complexity index is 202. The summed E-state index contributed by atoms with van der Waals surface area (Å²) < 4.78 is 0. The highest BCUT2D eigenvalue weighted by Crippen LogP contribution is 2.40. The standard InChI is InChI=1S/C8H14N2O/c1-6(4-11)7(2,3)8(9)5-10-8/h4-6H,9H2,1-3H3/t6-,8?/m1/s1. The number of carbonyl (C=O) groups is 1. The highest BCUT2D eigenvalue weighted by molar-refractivity contribution is 5.85. The van der Waals surface area contributed by atoms with E-state index in [-0.39, 0.29) is 11.3 Å². The van der Waals surface area contributed by atoms with Gasteiger partial charge in [0.15, 0.2) is 0 Å². The number of rotatable bonds is 3. The summed E-state index contributed by atoms with van der Waals surface area (Å²) in [6.45, 7) is 5.78. The summed E-state index contributed by atoms with van der Waals surface area (Å²) in [6.07, 6.45) is 2.63. The van der Waals surface area contributed by atoms with Crippen molar-refractivity contribution in [3.8, 4) is 0 Å². The van der Waals surface area contributed by atoms with Crippen LogP contribution in [0.4, 0.5) is 0 Å². The molecule has 0 saturated carbocycles. The number of nitrogens with two attached hydrogens (primary N) is 1. The van der Waals surface area contributed by atoms with Gasteiger partial charge in [-0.1, -0.05) is 20.8 Å². The maximum absolute atomic E-state index is 10.5. The van der Waals surface area contributed by atoms with Gasteiger partial charge in [-0.25, -0.2) is 0 Å². The molecule has 1 aliphatic rings. The number of hydrogen-bond acceptors (Lipinski definition) is 3. The molecule has 3 nitrogen and oxygen atoms in total. The second kappa shape index (κ2) is 2.14. The van der Waals surface area contributed by atoms with Crippen LogP contribution in [-0.2, 0) is 4.79 Å². The molecule has 62 valence electrons. The van der Waals surface area contributed by atoms with Gasteiger partial charge in [-0.3, -0.25) is 4.99 Å². The van der Waals surface area contributed by atoms with E-state index in [2.05, 4.69) is 4.99 Å². The third-order valence-electron chi connectivity index (χ3n) is 2.78. The van der Waals surface area contributed by atoms with Crippen LogP contribution in [0.5, 0.6) is 0 Å². The van der Waals surface area contributed by atoms with Crippen LogP contribution < -0.4 is 5.73 Å². The first-order valence-electron chi connectivity index (χ1n) is 3.74. The molecule has 0 aliphatic carbocycles. The number of nitrogens with zero attached hydrogens (tertiary/aromatic N) is 1. The van der Waals surface area contributed by atoms with Gasteiger partial charge in [0.05, 0.1) is 0 Å². The van der Waals surface area contributed by atoms with Gasteiger partial charge < -0.3 is 10.5 Å². The largest absolute Gasteiger partial charge is 0.303 e. The molecule has 0 amide bonds. The lowest BCUT2D eigenvalue weighted by Gasteiger charge is -2.32. The lowest BCUT2D eigenvalue weighted by Crippen LogP contribution is -2.47. The van der Waals surface area contributed by atoms with Crippen LogP contribution in [0.25, 0.3) is 0 Å². The Morgan fingerprint density at radius 2 is 2.18 bits per heavy atom. The predicted octanol–water partition coefficient (Wildman–Crippen LogP) is 0.587. The van der Waals surface area contributed by atoms with Crippen molar-refractivity contribution in [2.45, 2.75) is 26.4 Å². The van der Waals surface area contributed by atoms with E-state index in [1.807, 2.05) is 20.8 Å². The zero-order chi connectivity index (χ0) is 8.70. The van der Waals surface area contributed by atoms with Crippen molar-refractivity contribution in [2.24, 2.45) is 22.1 Å². The molecule has 0 aromatic rings. The van der Waals surface area contributed by atoms with Crippen LogP contribution in [0.1, 0.15) is 20.8 Å². The van der Waals surface area contributed by atoms with E-state index in [4.69, 9.17) is 5.73 Å². The molecule has 0 fully saturated rings. The van der Waals surface area contributed by atoms with Crippen molar-refractivity contribution in [2.75, 3.05) is 0 Å². The van der Waals surface area contributed by atoms with Gasteiger partial charge in [0, 0.05) is 17.5 Å². The van der Waals surface area contributed by atoms with Gasteiger partial charge in [-0.2, -0.15) is 0 Å². The molecule has 1 rings (SSSR count). The van der Waals surface area contributed by atoms with Gasteiger partial charge in [-0.15, -0.1) is 0 Å². The molecule has 0 bridgehead atoms. The normalized spacial score (nSPS) is 31.6. The van der Waals surface area contributed by atoms with Gasteiger partial charge in [0.2, 0.25) is 0 Å². The lowest BCUT2D eigenvalue weighted by molar-refractivity contribution is -0.114. The van der Waals surface area contributed by atoms with Gasteiger partial charge in [-0.05, 0) is 0 Å². The van der Waals surface area contributed by atoms with E-state index < -0.39 is 5.66 Å². The summed E-state index contributed by atoms with van der Waals surface area (Å²) in [5.74, 6) is -0.0602. The molecule has 1 unspecified atom stereocenters. The van der Waals surface area contributed by atoms with Crippen LogP contribution >= 0.6 is 0 Å². The first-order chi connectivity index (χ1) is 4.94. The molecule has 0 spiro atoms. The lowest BCUT2D eigenvalue weighted by atomic mass is 9.74. The second-order valence-electron chi connectivity index (χ2n) is 3.73. The fourth-order valence-electron chi connectivity index (χ4n) is 0.937. The molecule has 0 aromatic heterocycles. The highest BCUT2D eigenvalue weighted by atomic mass is 16.1. The van der Waals surface area contributed by atoms with E-state index in [1.54, 1.807) is 6.21 Å². The van der Waals surface area contributed by atoms with Crippen LogP contribution in [0, 0.1) is 11.3 Å². The first-order valence-corrected chi connectivity index (χ1v) is 3.74. The topological polar surface area (TPSA) is 55.5 Å². The molecular formula is C8H14N2O. The van der Waals surface area contributed by atoms with Crippen molar-refractivity contribution in [3.63, 3.8) is 0 Å². The van der Waals surface area contributed by atoms with Gasteiger partial charge in [0.1, 0.15) is 11.9 Å². The molecule has 0 radical (unpaired) electrons. The fourth-order valence-corrected chi connectivity index (χ4v) is 0.937. The van der Waals surface area contributed by atoms with Crippen LogP contribution in [0.15, 0.2) is 4.99 Å². The zero-order valence-corrected chi connectivity index (χ0v) is 7.16. The minimum absolute atomic E-state index is 0.0602. The molecule has 11 heavy (non-hydrogen) atoms. The Morgan fingerprint density at radius 1 is 1.73 bits per heavy atom. The van der Waals surface area contributed by atoms with E-state index >= 15 is 0 Å². The third kappa shape index (κ3) is 1.09. The summed E-state index contributed by atoms with van der Waals surface area (Å²) in [5, 5.41) is 0. The number of hydrogen-bond donors (Lipinski definition) is 1. The van der Waals surface area contributed by atoms with Crippen molar-refractivity contribution in [3.05, 3.63) is 0 Å². The molecule has 2 atom stereocenters. The minimum atomic E-state index is -0.562. The molecular weight excluding hydrogens is 140 g/mol. The molecule has 2 N–H and O–H groups in total. The molecule has 1 aliphatic heterocycles.